The molecule has 0 saturated heterocycles. The van der Waals surface area contributed by atoms with Crippen LogP contribution in [0.5, 0.6) is 0 Å². The molecule has 1 aromatic rings. The molecule has 4 heteroatoms. The van der Waals surface area contributed by atoms with Crippen molar-refractivity contribution in [2.45, 2.75) is 32.4 Å². The van der Waals surface area contributed by atoms with Crippen molar-refractivity contribution in [3.8, 4) is 0 Å². The third-order valence-electron chi connectivity index (χ3n) is 1.85. The van der Waals surface area contributed by atoms with Crippen molar-refractivity contribution in [2.24, 2.45) is 0 Å². The number of hydrogen-bond donors (Lipinski definition) is 3. The van der Waals surface area contributed by atoms with Gasteiger partial charge in [-0.25, -0.2) is 4.98 Å². The number of aromatic nitrogens is 2. The highest BCUT2D eigenvalue weighted by atomic mass is 16.3. The van der Waals surface area contributed by atoms with E-state index in [9.17, 15) is 5.11 Å². The van der Waals surface area contributed by atoms with Gasteiger partial charge < -0.3 is 15.4 Å². The second-order valence-electron chi connectivity index (χ2n) is 3.11. The fourth-order valence-electron chi connectivity index (χ4n) is 1.19. The van der Waals surface area contributed by atoms with Crippen LogP contribution in [0.2, 0.25) is 0 Å². The van der Waals surface area contributed by atoms with E-state index in [2.05, 4.69) is 22.2 Å². The second kappa shape index (κ2) is 5.72. The van der Waals surface area contributed by atoms with E-state index in [1.54, 1.807) is 12.4 Å². The van der Waals surface area contributed by atoms with Crippen molar-refractivity contribution in [1.29, 1.82) is 0 Å². The molecule has 74 valence electrons. The first-order valence-electron chi connectivity index (χ1n) is 4.70. The number of hydrogen-bond acceptors (Lipinski definition) is 3. The van der Waals surface area contributed by atoms with Crippen LogP contribution in [-0.4, -0.2) is 27.7 Å². The third-order valence-corrected chi connectivity index (χ3v) is 1.85. The molecule has 0 amide bonds. The predicted molar refractivity (Wildman–Crippen MR) is 51.2 cm³/mol. The average Bonchev–Trinajstić information content (AvgIpc) is 2.57. The normalized spacial score (nSPS) is 13.1. The van der Waals surface area contributed by atoms with Crippen molar-refractivity contribution in [3.63, 3.8) is 0 Å². The molecule has 1 aromatic heterocycles. The van der Waals surface area contributed by atoms with E-state index >= 15 is 0 Å². The van der Waals surface area contributed by atoms with Crippen LogP contribution in [0.25, 0.3) is 0 Å². The summed E-state index contributed by atoms with van der Waals surface area (Å²) in [6, 6.07) is 0. The second-order valence-corrected chi connectivity index (χ2v) is 3.11. The summed E-state index contributed by atoms with van der Waals surface area (Å²) in [5.41, 5.74) is 0. The maximum absolute atomic E-state index is 9.38. The summed E-state index contributed by atoms with van der Waals surface area (Å²) in [5.74, 6) is 0.906. The Morgan fingerprint density at radius 2 is 2.54 bits per heavy atom. The highest BCUT2D eigenvalue weighted by molar-refractivity contribution is 4.85. The van der Waals surface area contributed by atoms with E-state index < -0.39 is 0 Å². The van der Waals surface area contributed by atoms with Crippen LogP contribution < -0.4 is 5.32 Å². The van der Waals surface area contributed by atoms with E-state index in [-0.39, 0.29) is 6.10 Å². The predicted octanol–water partition coefficient (Wildman–Crippen LogP) is 0.660. The molecule has 0 radical (unpaired) electrons. The Labute approximate surface area is 78.4 Å². The molecule has 1 rings (SSSR count). The minimum atomic E-state index is -0.236. The molecule has 3 N–H and O–H groups in total. The molecule has 1 unspecified atom stereocenters. The summed E-state index contributed by atoms with van der Waals surface area (Å²) in [4.78, 5) is 7.05. The zero-order valence-corrected chi connectivity index (χ0v) is 7.95. The molecule has 13 heavy (non-hydrogen) atoms. The summed E-state index contributed by atoms with van der Waals surface area (Å²) >= 11 is 0. The van der Waals surface area contributed by atoms with Gasteiger partial charge in [-0.05, 0) is 6.42 Å². The fourth-order valence-corrected chi connectivity index (χ4v) is 1.19. The van der Waals surface area contributed by atoms with E-state index in [4.69, 9.17) is 0 Å². The standard InChI is InChI=1S/C9H17N3O/c1-2-3-8(13)6-10-7-9-11-4-5-12-9/h4-5,8,10,13H,2-3,6-7H2,1H3,(H,11,12). The van der Waals surface area contributed by atoms with Crippen LogP contribution in [0.3, 0.4) is 0 Å². The van der Waals surface area contributed by atoms with Gasteiger partial charge in [-0.3, -0.25) is 0 Å². The lowest BCUT2D eigenvalue weighted by Gasteiger charge is -2.09. The van der Waals surface area contributed by atoms with Gasteiger partial charge in [0.15, 0.2) is 0 Å². The number of H-pyrrole nitrogens is 1. The first-order chi connectivity index (χ1) is 6.33. The van der Waals surface area contributed by atoms with Crippen molar-refractivity contribution >= 4 is 0 Å². The highest BCUT2D eigenvalue weighted by Gasteiger charge is 2.01. The summed E-state index contributed by atoms with van der Waals surface area (Å²) in [5, 5.41) is 12.5. The lowest BCUT2D eigenvalue weighted by molar-refractivity contribution is 0.160. The Balaban J connectivity index is 2.07. The van der Waals surface area contributed by atoms with E-state index in [1.807, 2.05) is 0 Å². The van der Waals surface area contributed by atoms with E-state index in [0.717, 1.165) is 18.7 Å². The van der Waals surface area contributed by atoms with Gasteiger partial charge in [-0.15, -0.1) is 0 Å². The molecule has 0 fully saturated rings. The molecule has 0 aliphatic heterocycles. The number of nitrogens with zero attached hydrogens (tertiary/aromatic N) is 1. The first kappa shape index (κ1) is 10.2. The van der Waals surface area contributed by atoms with Crippen LogP contribution in [0.15, 0.2) is 12.4 Å². The van der Waals surface area contributed by atoms with Crippen LogP contribution in [0.4, 0.5) is 0 Å². The van der Waals surface area contributed by atoms with Crippen molar-refractivity contribution in [1.82, 2.24) is 15.3 Å². The van der Waals surface area contributed by atoms with Crippen LogP contribution in [0.1, 0.15) is 25.6 Å². The maximum atomic E-state index is 9.38. The smallest absolute Gasteiger partial charge is 0.120 e. The highest BCUT2D eigenvalue weighted by Crippen LogP contribution is 1.94. The third kappa shape index (κ3) is 4.05. The number of nitrogens with one attached hydrogen (secondary N) is 2. The van der Waals surface area contributed by atoms with Gasteiger partial charge in [0.05, 0.1) is 12.6 Å². The van der Waals surface area contributed by atoms with Gasteiger partial charge in [0.1, 0.15) is 5.82 Å². The van der Waals surface area contributed by atoms with Gasteiger partial charge in [0.2, 0.25) is 0 Å². The molecule has 1 heterocycles. The van der Waals surface area contributed by atoms with Gasteiger partial charge in [0.25, 0.3) is 0 Å². The van der Waals surface area contributed by atoms with Crippen LogP contribution in [0, 0.1) is 0 Å². The molecule has 1 atom stereocenters. The van der Waals surface area contributed by atoms with Crippen LogP contribution in [-0.2, 0) is 6.54 Å². The van der Waals surface area contributed by atoms with Crippen LogP contribution >= 0.6 is 0 Å². The zero-order valence-electron chi connectivity index (χ0n) is 7.95. The fraction of sp³-hybridized carbons (Fsp3) is 0.667. The van der Waals surface area contributed by atoms with Crippen molar-refractivity contribution < 1.29 is 5.11 Å². The number of imidazole rings is 1. The Morgan fingerprint density at radius 1 is 1.69 bits per heavy atom. The van der Waals surface area contributed by atoms with E-state index in [0.29, 0.717) is 13.1 Å². The summed E-state index contributed by atoms with van der Waals surface area (Å²) in [7, 11) is 0. The lowest BCUT2D eigenvalue weighted by atomic mass is 10.2. The SMILES string of the molecule is CCCC(O)CNCc1ncc[nH]1. The van der Waals surface area contributed by atoms with Gasteiger partial charge >= 0.3 is 0 Å². The summed E-state index contributed by atoms with van der Waals surface area (Å²) in [6.45, 7) is 3.39. The molecule has 0 bridgehead atoms. The molecular weight excluding hydrogens is 166 g/mol. The molecule has 0 aliphatic carbocycles. The zero-order chi connectivity index (χ0) is 9.52. The molecule has 0 spiro atoms. The summed E-state index contributed by atoms with van der Waals surface area (Å²) in [6.07, 6.45) is 5.15. The first-order valence-corrected chi connectivity index (χ1v) is 4.70. The maximum Gasteiger partial charge on any atom is 0.120 e. The Morgan fingerprint density at radius 3 is 3.15 bits per heavy atom. The van der Waals surface area contributed by atoms with Gasteiger partial charge in [-0.2, -0.15) is 0 Å². The van der Waals surface area contributed by atoms with Gasteiger partial charge in [0, 0.05) is 18.9 Å². The molecule has 0 aliphatic rings. The summed E-state index contributed by atoms with van der Waals surface area (Å²) < 4.78 is 0. The Bertz CT molecular complexity index is 211. The monoisotopic (exact) mass is 183 g/mol. The molecular formula is C9H17N3O. The average molecular weight is 183 g/mol. The minimum Gasteiger partial charge on any atom is -0.392 e. The van der Waals surface area contributed by atoms with Gasteiger partial charge in [-0.1, -0.05) is 13.3 Å². The minimum absolute atomic E-state index is 0.236. The largest absolute Gasteiger partial charge is 0.392 e. The van der Waals surface area contributed by atoms with E-state index in [1.165, 1.54) is 0 Å². The Kier molecular flexibility index (Phi) is 4.49. The Hall–Kier alpha value is -0.870. The lowest BCUT2D eigenvalue weighted by Crippen LogP contribution is -2.26. The number of aromatic amines is 1. The number of aliphatic hydroxyl groups is 1. The van der Waals surface area contributed by atoms with Crippen molar-refractivity contribution in [3.05, 3.63) is 18.2 Å². The molecule has 4 nitrogen and oxygen atoms in total. The molecule has 0 saturated carbocycles. The van der Waals surface area contributed by atoms with Crippen molar-refractivity contribution in [2.75, 3.05) is 6.54 Å². The number of rotatable bonds is 6. The topological polar surface area (TPSA) is 60.9 Å². The molecule has 0 aromatic carbocycles. The quantitative estimate of drug-likeness (QED) is 0.607. The number of aliphatic hydroxyl groups excluding tert-OH is 1.